The molecule has 0 saturated carbocycles. The predicted octanol–water partition coefficient (Wildman–Crippen LogP) is 3.26. The quantitative estimate of drug-likeness (QED) is 0.539. The lowest BCUT2D eigenvalue weighted by molar-refractivity contribution is 0.315. The van der Waals surface area contributed by atoms with Gasteiger partial charge in [0.1, 0.15) is 11.5 Å². The number of sulfonamides is 1. The lowest BCUT2D eigenvalue weighted by Gasteiger charge is -2.06. The van der Waals surface area contributed by atoms with Gasteiger partial charge in [-0.05, 0) is 42.8 Å². The molecule has 0 aliphatic carbocycles. The van der Waals surface area contributed by atoms with Crippen LogP contribution in [0, 0.1) is 0 Å². The summed E-state index contributed by atoms with van der Waals surface area (Å²) in [5, 5.41) is 13.6. The van der Waals surface area contributed by atoms with Crippen molar-refractivity contribution in [1.29, 1.82) is 0 Å². The maximum absolute atomic E-state index is 12.1. The summed E-state index contributed by atoms with van der Waals surface area (Å²) in [5.74, 6) is 0.497. The van der Waals surface area contributed by atoms with E-state index in [0.29, 0.717) is 17.9 Å². The Morgan fingerprint density at radius 3 is 2.58 bits per heavy atom. The molecule has 0 aromatic heterocycles. The van der Waals surface area contributed by atoms with Crippen LogP contribution < -0.4 is 9.57 Å². The second-order valence-corrected chi connectivity index (χ2v) is 7.45. The van der Waals surface area contributed by atoms with Crippen LogP contribution in [0.1, 0.15) is 18.9 Å². The van der Waals surface area contributed by atoms with Gasteiger partial charge in [-0.25, -0.2) is 4.83 Å². The van der Waals surface area contributed by atoms with Crippen LogP contribution in [0.15, 0.2) is 56.9 Å². The third-order valence-corrected chi connectivity index (χ3v) is 4.74. The van der Waals surface area contributed by atoms with Gasteiger partial charge in [0.05, 0.1) is 17.7 Å². The first-order valence-corrected chi connectivity index (χ1v) is 9.46. The molecule has 128 valence electrons. The second kappa shape index (κ2) is 8.16. The van der Waals surface area contributed by atoms with Crippen molar-refractivity contribution in [2.45, 2.75) is 18.2 Å². The fraction of sp³-hybridized carbons (Fsp3) is 0.188. The number of hydrogen-bond donors (Lipinski definition) is 2. The summed E-state index contributed by atoms with van der Waals surface area (Å²) in [6.07, 6.45) is 2.09. The topological polar surface area (TPSA) is 88.0 Å². The number of hydrazone groups is 1. The minimum atomic E-state index is -3.76. The molecule has 24 heavy (non-hydrogen) atoms. The van der Waals surface area contributed by atoms with E-state index in [0.717, 1.165) is 10.9 Å². The molecule has 0 heterocycles. The highest BCUT2D eigenvalue weighted by Crippen LogP contribution is 2.22. The Morgan fingerprint density at radius 1 is 1.25 bits per heavy atom. The van der Waals surface area contributed by atoms with E-state index < -0.39 is 10.0 Å². The number of phenolic OH excluding ortho intramolecular Hbond substituents is 1. The first-order chi connectivity index (χ1) is 11.4. The molecule has 0 fully saturated rings. The molecular weight excluding hydrogens is 396 g/mol. The third-order valence-electron chi connectivity index (χ3n) is 2.98. The van der Waals surface area contributed by atoms with Gasteiger partial charge < -0.3 is 9.84 Å². The van der Waals surface area contributed by atoms with Crippen molar-refractivity contribution in [3.63, 3.8) is 0 Å². The fourth-order valence-electron chi connectivity index (χ4n) is 1.77. The largest absolute Gasteiger partial charge is 0.507 e. The first-order valence-electron chi connectivity index (χ1n) is 7.18. The van der Waals surface area contributed by atoms with E-state index in [-0.39, 0.29) is 10.6 Å². The number of nitrogens with one attached hydrogen (secondary N) is 1. The van der Waals surface area contributed by atoms with Crippen molar-refractivity contribution < 1.29 is 18.3 Å². The molecule has 0 saturated heterocycles. The highest BCUT2D eigenvalue weighted by atomic mass is 79.9. The van der Waals surface area contributed by atoms with Gasteiger partial charge in [0, 0.05) is 16.1 Å². The number of nitrogens with zero attached hydrogens (tertiary/aromatic N) is 1. The summed E-state index contributed by atoms with van der Waals surface area (Å²) < 4.78 is 30.3. The SMILES string of the molecule is CCCOc1ccc(/C=N/NS(=O)(=O)c2ccc(Br)cc2)c(O)c1. The van der Waals surface area contributed by atoms with Crippen LogP contribution in [0.4, 0.5) is 0 Å². The predicted molar refractivity (Wildman–Crippen MR) is 96.0 cm³/mol. The van der Waals surface area contributed by atoms with E-state index in [1.807, 2.05) is 6.92 Å². The molecule has 8 heteroatoms. The molecular formula is C16H17BrN2O4S. The van der Waals surface area contributed by atoms with Gasteiger partial charge in [-0.15, -0.1) is 0 Å². The maximum Gasteiger partial charge on any atom is 0.276 e. The molecule has 2 rings (SSSR count). The zero-order valence-corrected chi connectivity index (χ0v) is 15.3. The molecule has 0 radical (unpaired) electrons. The van der Waals surface area contributed by atoms with Crippen LogP contribution in [-0.4, -0.2) is 26.3 Å². The molecule has 0 aliphatic rings. The van der Waals surface area contributed by atoms with E-state index >= 15 is 0 Å². The average molecular weight is 413 g/mol. The average Bonchev–Trinajstić information content (AvgIpc) is 2.55. The monoisotopic (exact) mass is 412 g/mol. The zero-order valence-electron chi connectivity index (χ0n) is 12.9. The van der Waals surface area contributed by atoms with Crippen molar-refractivity contribution in [2.24, 2.45) is 5.10 Å². The normalized spacial score (nSPS) is 11.6. The maximum atomic E-state index is 12.1. The smallest absolute Gasteiger partial charge is 0.276 e. The minimum absolute atomic E-state index is 0.0461. The molecule has 0 atom stereocenters. The Morgan fingerprint density at radius 2 is 1.96 bits per heavy atom. The van der Waals surface area contributed by atoms with Gasteiger partial charge >= 0.3 is 0 Å². The van der Waals surface area contributed by atoms with Crippen molar-refractivity contribution in [2.75, 3.05) is 6.61 Å². The van der Waals surface area contributed by atoms with Crippen LogP contribution in [0.3, 0.4) is 0 Å². The molecule has 0 bridgehead atoms. The molecule has 0 unspecified atom stereocenters. The van der Waals surface area contributed by atoms with Gasteiger partial charge in [0.2, 0.25) is 0 Å². The lowest BCUT2D eigenvalue weighted by atomic mass is 10.2. The second-order valence-electron chi connectivity index (χ2n) is 4.88. The summed E-state index contributed by atoms with van der Waals surface area (Å²) in [5.41, 5.74) is 0.373. The number of halogens is 1. The Bertz CT molecular complexity index is 820. The van der Waals surface area contributed by atoms with E-state index in [9.17, 15) is 13.5 Å². The number of rotatable bonds is 7. The Kier molecular flexibility index (Phi) is 6.22. The van der Waals surface area contributed by atoms with Gasteiger partial charge in [0.15, 0.2) is 0 Å². The van der Waals surface area contributed by atoms with Crippen LogP contribution in [0.2, 0.25) is 0 Å². The van der Waals surface area contributed by atoms with E-state index in [1.54, 1.807) is 24.3 Å². The molecule has 2 aromatic rings. The van der Waals surface area contributed by atoms with Crippen LogP contribution in [0.25, 0.3) is 0 Å². The Labute approximate surface area is 149 Å². The van der Waals surface area contributed by atoms with Gasteiger partial charge in [-0.2, -0.15) is 13.5 Å². The molecule has 2 N–H and O–H groups in total. The molecule has 0 amide bonds. The molecule has 0 aliphatic heterocycles. The number of benzene rings is 2. The van der Waals surface area contributed by atoms with Gasteiger partial charge in [-0.3, -0.25) is 0 Å². The number of aromatic hydroxyl groups is 1. The molecule has 2 aromatic carbocycles. The lowest BCUT2D eigenvalue weighted by Crippen LogP contribution is -2.18. The van der Waals surface area contributed by atoms with Crippen LogP contribution in [0.5, 0.6) is 11.5 Å². The fourth-order valence-corrected chi connectivity index (χ4v) is 2.83. The van der Waals surface area contributed by atoms with E-state index in [1.165, 1.54) is 24.4 Å². The number of phenols is 1. The van der Waals surface area contributed by atoms with Gasteiger partial charge in [0.25, 0.3) is 10.0 Å². The summed E-state index contributed by atoms with van der Waals surface area (Å²) in [6, 6.07) is 10.9. The molecule has 0 spiro atoms. The Hall–Kier alpha value is -2.06. The summed E-state index contributed by atoms with van der Waals surface area (Å²) in [4.78, 5) is 2.20. The summed E-state index contributed by atoms with van der Waals surface area (Å²) >= 11 is 3.24. The number of ether oxygens (including phenoxy) is 1. The van der Waals surface area contributed by atoms with Crippen LogP contribution >= 0.6 is 15.9 Å². The highest BCUT2D eigenvalue weighted by molar-refractivity contribution is 9.10. The van der Waals surface area contributed by atoms with E-state index in [2.05, 4.69) is 25.9 Å². The standard InChI is InChI=1S/C16H17BrN2O4S/c1-2-9-23-14-6-3-12(16(20)10-14)11-18-19-24(21,22)15-7-4-13(17)5-8-15/h3-8,10-11,19-20H,2,9H2,1H3/b18-11+. The van der Waals surface area contributed by atoms with E-state index in [4.69, 9.17) is 4.74 Å². The van der Waals surface area contributed by atoms with Crippen LogP contribution in [-0.2, 0) is 10.0 Å². The van der Waals surface area contributed by atoms with Crippen molar-refractivity contribution in [3.8, 4) is 11.5 Å². The Balaban J connectivity index is 2.07. The third kappa shape index (κ3) is 4.97. The van der Waals surface area contributed by atoms with Crippen molar-refractivity contribution in [1.82, 2.24) is 4.83 Å². The molecule has 6 nitrogen and oxygen atoms in total. The summed E-state index contributed by atoms with van der Waals surface area (Å²) in [7, 11) is -3.76. The summed E-state index contributed by atoms with van der Waals surface area (Å²) in [6.45, 7) is 2.54. The van der Waals surface area contributed by atoms with Gasteiger partial charge in [-0.1, -0.05) is 22.9 Å². The van der Waals surface area contributed by atoms with Crippen molar-refractivity contribution in [3.05, 3.63) is 52.5 Å². The minimum Gasteiger partial charge on any atom is -0.507 e. The first kappa shape index (κ1) is 18.3. The van der Waals surface area contributed by atoms with Crippen molar-refractivity contribution >= 4 is 32.2 Å². The highest BCUT2D eigenvalue weighted by Gasteiger charge is 2.12. The zero-order chi connectivity index (χ0) is 17.6. The number of hydrogen-bond acceptors (Lipinski definition) is 5.